The third-order valence-corrected chi connectivity index (χ3v) is 2.37. The van der Waals surface area contributed by atoms with Gasteiger partial charge in [-0.2, -0.15) is 0 Å². The van der Waals surface area contributed by atoms with Crippen LogP contribution in [0.15, 0.2) is 0 Å². The van der Waals surface area contributed by atoms with Crippen LogP contribution >= 0.6 is 0 Å². The summed E-state index contributed by atoms with van der Waals surface area (Å²) in [4.78, 5) is 15.4. The van der Waals surface area contributed by atoms with Crippen LogP contribution in [0, 0.1) is 0 Å². The molecule has 1 aliphatic rings. The van der Waals surface area contributed by atoms with Crippen LogP contribution in [0.5, 0.6) is 0 Å². The SMILES string of the molecule is CCCCN(C(=O)N(C)C)C1CC1. The van der Waals surface area contributed by atoms with Crippen molar-refractivity contribution >= 4 is 6.03 Å². The van der Waals surface area contributed by atoms with Gasteiger partial charge in [0.05, 0.1) is 0 Å². The van der Waals surface area contributed by atoms with Gasteiger partial charge in [-0.1, -0.05) is 13.3 Å². The predicted octanol–water partition coefficient (Wildman–Crippen LogP) is 1.93. The number of carbonyl (C=O) groups excluding carboxylic acids is 1. The smallest absolute Gasteiger partial charge is 0.319 e. The summed E-state index contributed by atoms with van der Waals surface area (Å²) >= 11 is 0. The maximum absolute atomic E-state index is 11.7. The van der Waals surface area contributed by atoms with Gasteiger partial charge in [0, 0.05) is 26.7 Å². The molecule has 1 rings (SSSR count). The first kappa shape index (κ1) is 10.4. The van der Waals surface area contributed by atoms with E-state index in [0.29, 0.717) is 6.04 Å². The molecule has 0 spiro atoms. The number of nitrogens with zero attached hydrogens (tertiary/aromatic N) is 2. The summed E-state index contributed by atoms with van der Waals surface area (Å²) in [7, 11) is 3.65. The van der Waals surface area contributed by atoms with Gasteiger partial charge in [0.25, 0.3) is 0 Å². The van der Waals surface area contributed by atoms with Gasteiger partial charge in [-0.25, -0.2) is 4.79 Å². The molecule has 0 aromatic rings. The topological polar surface area (TPSA) is 23.6 Å². The number of urea groups is 1. The van der Waals surface area contributed by atoms with E-state index in [1.165, 1.54) is 12.8 Å². The van der Waals surface area contributed by atoms with E-state index in [1.54, 1.807) is 4.90 Å². The lowest BCUT2D eigenvalue weighted by Crippen LogP contribution is -2.41. The quantitative estimate of drug-likeness (QED) is 0.655. The van der Waals surface area contributed by atoms with E-state index in [2.05, 4.69) is 6.92 Å². The molecule has 0 saturated heterocycles. The molecule has 0 aliphatic heterocycles. The second kappa shape index (κ2) is 4.49. The Labute approximate surface area is 80.7 Å². The fourth-order valence-electron chi connectivity index (χ4n) is 1.41. The van der Waals surface area contributed by atoms with Crippen LogP contribution in [0.2, 0.25) is 0 Å². The van der Waals surface area contributed by atoms with Crippen molar-refractivity contribution in [3.8, 4) is 0 Å². The second-order valence-corrected chi connectivity index (χ2v) is 3.96. The molecule has 0 bridgehead atoms. The minimum Gasteiger partial charge on any atom is -0.331 e. The van der Waals surface area contributed by atoms with Gasteiger partial charge in [0.1, 0.15) is 0 Å². The minimum absolute atomic E-state index is 0.177. The third kappa shape index (κ3) is 2.90. The Balaban J connectivity index is 2.41. The van der Waals surface area contributed by atoms with Crippen molar-refractivity contribution in [3.05, 3.63) is 0 Å². The molecule has 13 heavy (non-hydrogen) atoms. The second-order valence-electron chi connectivity index (χ2n) is 3.96. The number of unbranched alkanes of at least 4 members (excludes halogenated alkanes) is 1. The molecule has 2 amide bonds. The van der Waals surface area contributed by atoms with E-state index >= 15 is 0 Å². The summed E-state index contributed by atoms with van der Waals surface area (Å²) in [5.41, 5.74) is 0. The summed E-state index contributed by atoms with van der Waals surface area (Å²) in [5.74, 6) is 0. The fourth-order valence-corrected chi connectivity index (χ4v) is 1.41. The van der Waals surface area contributed by atoms with Crippen molar-refractivity contribution in [2.75, 3.05) is 20.6 Å². The standard InChI is InChI=1S/C10H20N2O/c1-4-5-8-12(9-6-7-9)10(13)11(2)3/h9H,4-8H2,1-3H3. The van der Waals surface area contributed by atoms with E-state index in [0.717, 1.165) is 19.4 Å². The van der Waals surface area contributed by atoms with Crippen molar-refractivity contribution in [1.82, 2.24) is 9.80 Å². The Kier molecular flexibility index (Phi) is 3.58. The van der Waals surface area contributed by atoms with E-state index in [4.69, 9.17) is 0 Å². The molecular weight excluding hydrogens is 164 g/mol. The van der Waals surface area contributed by atoms with Crippen molar-refractivity contribution in [3.63, 3.8) is 0 Å². The highest BCUT2D eigenvalue weighted by atomic mass is 16.2. The first-order valence-corrected chi connectivity index (χ1v) is 5.14. The number of rotatable bonds is 4. The summed E-state index contributed by atoms with van der Waals surface area (Å²) in [5, 5.41) is 0. The molecule has 3 heteroatoms. The number of hydrogen-bond acceptors (Lipinski definition) is 1. The zero-order valence-electron chi connectivity index (χ0n) is 8.92. The van der Waals surface area contributed by atoms with E-state index < -0.39 is 0 Å². The average Bonchev–Trinajstić information content (AvgIpc) is 2.88. The highest BCUT2D eigenvalue weighted by molar-refractivity contribution is 5.74. The molecule has 0 atom stereocenters. The summed E-state index contributed by atoms with van der Waals surface area (Å²) in [6.07, 6.45) is 4.67. The highest BCUT2D eigenvalue weighted by Gasteiger charge is 2.32. The molecule has 0 N–H and O–H groups in total. The summed E-state index contributed by atoms with van der Waals surface area (Å²) in [6.45, 7) is 3.09. The molecule has 1 aliphatic carbocycles. The summed E-state index contributed by atoms with van der Waals surface area (Å²) in [6, 6.07) is 0.720. The zero-order chi connectivity index (χ0) is 9.84. The Bertz CT molecular complexity index is 176. The van der Waals surface area contributed by atoms with Gasteiger partial charge < -0.3 is 9.80 Å². The minimum atomic E-state index is 0.177. The molecule has 1 saturated carbocycles. The molecule has 0 aromatic heterocycles. The van der Waals surface area contributed by atoms with Gasteiger partial charge in [0.2, 0.25) is 0 Å². The van der Waals surface area contributed by atoms with Gasteiger partial charge in [-0.3, -0.25) is 0 Å². The molecule has 0 unspecified atom stereocenters. The van der Waals surface area contributed by atoms with Gasteiger partial charge in [0.15, 0.2) is 0 Å². The van der Waals surface area contributed by atoms with Gasteiger partial charge in [-0.15, -0.1) is 0 Å². The third-order valence-electron chi connectivity index (χ3n) is 2.37. The lowest BCUT2D eigenvalue weighted by atomic mass is 10.3. The number of hydrogen-bond donors (Lipinski definition) is 0. The molecule has 0 radical (unpaired) electrons. The fraction of sp³-hybridized carbons (Fsp3) is 0.900. The molecule has 76 valence electrons. The maximum Gasteiger partial charge on any atom is 0.319 e. The lowest BCUT2D eigenvalue weighted by molar-refractivity contribution is 0.167. The Morgan fingerprint density at radius 3 is 2.38 bits per heavy atom. The van der Waals surface area contributed by atoms with Crippen molar-refractivity contribution in [1.29, 1.82) is 0 Å². The number of carbonyl (C=O) groups is 1. The van der Waals surface area contributed by atoms with Gasteiger partial charge >= 0.3 is 6.03 Å². The van der Waals surface area contributed by atoms with Crippen LogP contribution in [-0.4, -0.2) is 42.5 Å². The first-order chi connectivity index (χ1) is 6.16. The monoisotopic (exact) mass is 184 g/mol. The van der Waals surface area contributed by atoms with Crippen LogP contribution in [0.25, 0.3) is 0 Å². The van der Waals surface area contributed by atoms with Crippen molar-refractivity contribution < 1.29 is 4.79 Å². The first-order valence-electron chi connectivity index (χ1n) is 5.14. The predicted molar refractivity (Wildman–Crippen MR) is 53.7 cm³/mol. The molecule has 0 heterocycles. The molecule has 3 nitrogen and oxygen atoms in total. The Hall–Kier alpha value is -0.730. The van der Waals surface area contributed by atoms with Crippen LogP contribution in [0.4, 0.5) is 4.79 Å². The lowest BCUT2D eigenvalue weighted by Gasteiger charge is -2.25. The van der Waals surface area contributed by atoms with Crippen LogP contribution in [-0.2, 0) is 0 Å². The van der Waals surface area contributed by atoms with E-state index in [1.807, 2.05) is 19.0 Å². The van der Waals surface area contributed by atoms with E-state index in [9.17, 15) is 4.79 Å². The molecule has 1 fully saturated rings. The van der Waals surface area contributed by atoms with Gasteiger partial charge in [-0.05, 0) is 19.3 Å². The summed E-state index contributed by atoms with van der Waals surface area (Å²) < 4.78 is 0. The average molecular weight is 184 g/mol. The van der Waals surface area contributed by atoms with Crippen LogP contribution in [0.1, 0.15) is 32.6 Å². The molecular formula is C10H20N2O. The Morgan fingerprint density at radius 2 is 2.00 bits per heavy atom. The number of amides is 2. The van der Waals surface area contributed by atoms with E-state index in [-0.39, 0.29) is 6.03 Å². The van der Waals surface area contributed by atoms with Crippen molar-refractivity contribution in [2.24, 2.45) is 0 Å². The van der Waals surface area contributed by atoms with Crippen LogP contribution < -0.4 is 0 Å². The Morgan fingerprint density at radius 1 is 1.38 bits per heavy atom. The molecule has 0 aromatic carbocycles. The van der Waals surface area contributed by atoms with Crippen LogP contribution in [0.3, 0.4) is 0 Å². The normalized spacial score (nSPS) is 15.6. The largest absolute Gasteiger partial charge is 0.331 e. The highest BCUT2D eigenvalue weighted by Crippen LogP contribution is 2.27. The zero-order valence-corrected chi connectivity index (χ0v) is 8.92. The maximum atomic E-state index is 11.7. The van der Waals surface area contributed by atoms with Crippen molar-refractivity contribution in [2.45, 2.75) is 38.6 Å².